The van der Waals surface area contributed by atoms with Gasteiger partial charge in [-0.1, -0.05) is 6.92 Å². The third-order valence-corrected chi connectivity index (χ3v) is 5.51. The van der Waals surface area contributed by atoms with Crippen LogP contribution in [0.5, 0.6) is 0 Å². The van der Waals surface area contributed by atoms with E-state index in [-0.39, 0.29) is 29.9 Å². The van der Waals surface area contributed by atoms with Gasteiger partial charge in [-0.05, 0) is 46.7 Å². The number of aryl methyl sites for hydroxylation is 1. The zero-order valence-corrected chi connectivity index (χ0v) is 20.9. The molecular weight excluding hydrogens is 483 g/mol. The van der Waals surface area contributed by atoms with Crippen LogP contribution in [-0.2, 0) is 18.4 Å². The minimum absolute atomic E-state index is 0. The number of likely N-dealkylation sites (tertiary alicyclic amines) is 1. The molecule has 1 saturated heterocycles. The fraction of sp³-hybridized carbons (Fsp3) is 0.789. The van der Waals surface area contributed by atoms with Gasteiger partial charge >= 0.3 is 0 Å². The summed E-state index contributed by atoms with van der Waals surface area (Å²) < 4.78 is 1.94. The van der Waals surface area contributed by atoms with Crippen molar-refractivity contribution < 1.29 is 4.79 Å². The summed E-state index contributed by atoms with van der Waals surface area (Å²) in [5.41, 5.74) is -0.540. The lowest BCUT2D eigenvalue weighted by Crippen LogP contribution is -2.49. The fourth-order valence-corrected chi connectivity index (χ4v) is 3.39. The van der Waals surface area contributed by atoms with Gasteiger partial charge < -0.3 is 20.5 Å². The van der Waals surface area contributed by atoms with Gasteiger partial charge in [0.2, 0.25) is 5.91 Å². The Kier molecular flexibility index (Phi) is 10.3. The highest BCUT2D eigenvalue weighted by Gasteiger charge is 2.27. The standard InChI is InChI=1S/C19H36N8O.HI/c1-7-27-10-8-9-15(27)11-21-18(23-13-19(3,4)17(28)20-5)22-12-16-25-24-14(2)26(16)6;/h15H,7-13H2,1-6H3,(H,20,28)(H2,21,22,23);1H. The molecule has 1 aromatic rings. The molecule has 0 aliphatic carbocycles. The molecular formula is C19H37IN8O. The summed E-state index contributed by atoms with van der Waals surface area (Å²) in [7, 11) is 3.60. The van der Waals surface area contributed by atoms with E-state index in [9.17, 15) is 4.79 Å². The molecule has 0 saturated carbocycles. The van der Waals surface area contributed by atoms with E-state index in [0.717, 1.165) is 31.3 Å². The lowest BCUT2D eigenvalue weighted by Gasteiger charge is -2.26. The van der Waals surface area contributed by atoms with Crippen LogP contribution in [0.3, 0.4) is 0 Å². The maximum atomic E-state index is 12.1. The van der Waals surface area contributed by atoms with Crippen molar-refractivity contribution in [1.82, 2.24) is 35.6 Å². The third kappa shape index (κ3) is 7.09. The van der Waals surface area contributed by atoms with Crippen molar-refractivity contribution in [2.75, 3.05) is 33.2 Å². The van der Waals surface area contributed by atoms with E-state index in [1.807, 2.05) is 32.4 Å². The summed E-state index contributed by atoms with van der Waals surface area (Å²) in [6.45, 7) is 11.9. The van der Waals surface area contributed by atoms with Crippen molar-refractivity contribution >= 4 is 35.8 Å². The summed E-state index contributed by atoms with van der Waals surface area (Å²) in [4.78, 5) is 19.3. The fourth-order valence-electron chi connectivity index (χ4n) is 3.39. The summed E-state index contributed by atoms with van der Waals surface area (Å²) in [6.07, 6.45) is 2.43. The maximum absolute atomic E-state index is 12.1. The van der Waals surface area contributed by atoms with E-state index < -0.39 is 5.41 Å². The number of aromatic nitrogens is 3. The van der Waals surface area contributed by atoms with Crippen molar-refractivity contribution in [3.8, 4) is 0 Å². The number of hydrogen-bond donors (Lipinski definition) is 3. The summed E-state index contributed by atoms with van der Waals surface area (Å²) in [6, 6.07) is 0.515. The minimum Gasteiger partial charge on any atom is -0.359 e. The number of halogens is 1. The average Bonchev–Trinajstić information content (AvgIpc) is 3.27. The highest BCUT2D eigenvalue weighted by molar-refractivity contribution is 14.0. The molecule has 1 fully saturated rings. The predicted octanol–water partition coefficient (Wildman–Crippen LogP) is 1.03. The Balaban J connectivity index is 0.00000420. The molecule has 0 spiro atoms. The molecule has 9 nitrogen and oxygen atoms in total. The molecule has 166 valence electrons. The summed E-state index contributed by atoms with van der Waals surface area (Å²) in [5.74, 6) is 2.36. The lowest BCUT2D eigenvalue weighted by molar-refractivity contribution is -0.128. The van der Waals surface area contributed by atoms with Crippen LogP contribution in [0, 0.1) is 12.3 Å². The molecule has 1 amide bonds. The quantitative estimate of drug-likeness (QED) is 0.269. The molecule has 29 heavy (non-hydrogen) atoms. The van der Waals surface area contributed by atoms with Crippen molar-refractivity contribution in [3.63, 3.8) is 0 Å². The largest absolute Gasteiger partial charge is 0.359 e. The molecule has 0 aromatic carbocycles. The first kappa shape index (κ1) is 25.6. The molecule has 1 unspecified atom stereocenters. The Morgan fingerprint density at radius 1 is 1.31 bits per heavy atom. The smallest absolute Gasteiger partial charge is 0.227 e. The Morgan fingerprint density at radius 3 is 2.62 bits per heavy atom. The molecule has 0 radical (unpaired) electrons. The zero-order valence-electron chi connectivity index (χ0n) is 18.6. The number of likely N-dealkylation sites (N-methyl/N-ethyl adjacent to an activating group) is 1. The Labute approximate surface area is 191 Å². The molecule has 1 aromatic heterocycles. The SMILES string of the molecule is CCN1CCCC1CNC(=NCc1nnc(C)n1C)NCC(C)(C)C(=O)NC.I. The normalized spacial score (nSPS) is 17.7. The number of amides is 1. The van der Waals surface area contributed by atoms with Gasteiger partial charge in [0.1, 0.15) is 12.4 Å². The van der Waals surface area contributed by atoms with E-state index in [1.54, 1.807) is 7.05 Å². The zero-order chi connectivity index (χ0) is 20.7. The van der Waals surface area contributed by atoms with Crippen LogP contribution in [0.2, 0.25) is 0 Å². The monoisotopic (exact) mass is 520 g/mol. The van der Waals surface area contributed by atoms with Crippen LogP contribution < -0.4 is 16.0 Å². The molecule has 0 bridgehead atoms. The lowest BCUT2D eigenvalue weighted by atomic mass is 9.92. The van der Waals surface area contributed by atoms with E-state index in [1.165, 1.54) is 12.8 Å². The van der Waals surface area contributed by atoms with Crippen LogP contribution in [-0.4, -0.2) is 70.8 Å². The number of carbonyl (C=O) groups excluding carboxylic acids is 1. The van der Waals surface area contributed by atoms with Gasteiger partial charge in [-0.2, -0.15) is 0 Å². The number of nitrogens with zero attached hydrogens (tertiary/aromatic N) is 5. The first-order valence-corrected chi connectivity index (χ1v) is 10.1. The van der Waals surface area contributed by atoms with Gasteiger partial charge in [0.05, 0.1) is 5.41 Å². The second-order valence-electron chi connectivity index (χ2n) is 8.01. The van der Waals surface area contributed by atoms with Gasteiger partial charge in [0, 0.05) is 33.2 Å². The van der Waals surface area contributed by atoms with Gasteiger partial charge in [-0.3, -0.25) is 9.69 Å². The van der Waals surface area contributed by atoms with Gasteiger partial charge in [0.25, 0.3) is 0 Å². The van der Waals surface area contributed by atoms with Crippen molar-refractivity contribution in [3.05, 3.63) is 11.6 Å². The molecule has 1 atom stereocenters. The van der Waals surface area contributed by atoms with E-state index in [4.69, 9.17) is 0 Å². The Morgan fingerprint density at radius 2 is 2.03 bits per heavy atom. The number of hydrogen-bond acceptors (Lipinski definition) is 5. The van der Waals surface area contributed by atoms with Crippen LogP contribution in [0.15, 0.2) is 4.99 Å². The Hall–Kier alpha value is -1.43. The van der Waals surface area contributed by atoms with Gasteiger partial charge in [-0.25, -0.2) is 4.99 Å². The summed E-state index contributed by atoms with van der Waals surface area (Å²) in [5, 5.41) is 17.8. The highest BCUT2D eigenvalue weighted by Crippen LogP contribution is 2.16. The van der Waals surface area contributed by atoms with Crippen LogP contribution in [0.4, 0.5) is 0 Å². The summed E-state index contributed by atoms with van der Waals surface area (Å²) >= 11 is 0. The number of rotatable bonds is 8. The van der Waals surface area contributed by atoms with Crippen molar-refractivity contribution in [2.45, 2.75) is 53.1 Å². The second-order valence-corrected chi connectivity index (χ2v) is 8.01. The van der Waals surface area contributed by atoms with Crippen LogP contribution >= 0.6 is 24.0 Å². The predicted molar refractivity (Wildman–Crippen MR) is 126 cm³/mol. The van der Waals surface area contributed by atoms with E-state index in [2.05, 4.69) is 43.0 Å². The molecule has 1 aliphatic rings. The molecule has 2 rings (SSSR count). The Bertz CT molecular complexity index is 688. The first-order valence-electron chi connectivity index (χ1n) is 10.1. The first-order chi connectivity index (χ1) is 13.3. The molecule has 1 aliphatic heterocycles. The van der Waals surface area contributed by atoms with Gasteiger partial charge in [-0.15, -0.1) is 34.2 Å². The van der Waals surface area contributed by atoms with E-state index in [0.29, 0.717) is 25.1 Å². The van der Waals surface area contributed by atoms with Crippen LogP contribution in [0.25, 0.3) is 0 Å². The number of aliphatic imine (C=N–C) groups is 1. The number of guanidine groups is 1. The molecule has 10 heteroatoms. The van der Waals surface area contributed by atoms with Gasteiger partial charge in [0.15, 0.2) is 11.8 Å². The van der Waals surface area contributed by atoms with Crippen LogP contribution in [0.1, 0.15) is 45.3 Å². The number of nitrogens with one attached hydrogen (secondary N) is 3. The average molecular weight is 520 g/mol. The molecule has 2 heterocycles. The van der Waals surface area contributed by atoms with Crippen molar-refractivity contribution in [2.24, 2.45) is 17.5 Å². The van der Waals surface area contributed by atoms with E-state index >= 15 is 0 Å². The third-order valence-electron chi connectivity index (χ3n) is 5.51. The van der Waals surface area contributed by atoms with Crippen molar-refractivity contribution in [1.29, 1.82) is 0 Å². The molecule has 3 N–H and O–H groups in total. The maximum Gasteiger partial charge on any atom is 0.227 e. The topological polar surface area (TPSA) is 99.5 Å². The second kappa shape index (κ2) is 11.7. The number of carbonyl (C=O) groups is 1. The highest BCUT2D eigenvalue weighted by atomic mass is 127. The minimum atomic E-state index is -0.540.